The molecule has 2 aliphatic heterocycles. The Balaban J connectivity index is 1.38. The Morgan fingerprint density at radius 3 is 2.35 bits per heavy atom. The van der Waals surface area contributed by atoms with Crippen molar-refractivity contribution in [3.63, 3.8) is 0 Å². The van der Waals surface area contributed by atoms with Crippen molar-refractivity contribution in [3.8, 4) is 28.1 Å². The van der Waals surface area contributed by atoms with Gasteiger partial charge in [0.1, 0.15) is 29.5 Å². The first-order valence-corrected chi connectivity index (χ1v) is 16.5. The van der Waals surface area contributed by atoms with Crippen LogP contribution in [0.25, 0.3) is 22.3 Å². The number of alkyl halides is 4. The first-order valence-electron chi connectivity index (χ1n) is 16.5. The van der Waals surface area contributed by atoms with E-state index < -0.39 is 53.5 Å². The number of benzene rings is 2. The molecule has 274 valence electrons. The average molecular weight is 725 g/mol. The molecule has 0 bridgehead atoms. The number of hydrogen-bond donors (Lipinski definition) is 0. The number of halogens is 5. The normalized spacial score (nSPS) is 17.9. The monoisotopic (exact) mass is 724 g/mol. The number of ether oxygens (including phenoxy) is 3. The first kappa shape index (κ1) is 36.5. The summed E-state index contributed by atoms with van der Waals surface area (Å²) in [4.78, 5) is 38.4. The molecule has 4 aromatic rings. The van der Waals surface area contributed by atoms with E-state index in [0.29, 0.717) is 39.8 Å². The van der Waals surface area contributed by atoms with Crippen LogP contribution in [0, 0.1) is 12.7 Å². The highest BCUT2D eigenvalue weighted by Gasteiger charge is 2.42. The van der Waals surface area contributed by atoms with Gasteiger partial charge in [0, 0.05) is 22.9 Å². The van der Waals surface area contributed by atoms with Gasteiger partial charge in [0.05, 0.1) is 49.6 Å². The van der Waals surface area contributed by atoms with Crippen molar-refractivity contribution in [2.45, 2.75) is 71.3 Å². The molecule has 4 heterocycles. The van der Waals surface area contributed by atoms with Crippen LogP contribution < -0.4 is 9.64 Å². The number of amides is 1. The number of carbonyl (C=O) groups excluding carboxylic acids is 2. The van der Waals surface area contributed by atoms with Crippen LogP contribution in [0.4, 0.5) is 32.6 Å². The van der Waals surface area contributed by atoms with Crippen molar-refractivity contribution in [3.05, 3.63) is 94.6 Å². The van der Waals surface area contributed by atoms with Crippen LogP contribution >= 0.6 is 0 Å². The van der Waals surface area contributed by atoms with Crippen molar-refractivity contribution < 1.29 is 45.8 Å². The summed E-state index contributed by atoms with van der Waals surface area (Å²) in [6, 6.07) is 11.7. The molecule has 0 spiro atoms. The van der Waals surface area contributed by atoms with Gasteiger partial charge < -0.3 is 19.1 Å². The Morgan fingerprint density at radius 2 is 1.71 bits per heavy atom. The third kappa shape index (κ3) is 7.51. The molecule has 2 aromatic carbocycles. The average Bonchev–Trinajstić information content (AvgIpc) is 3.33. The number of rotatable bonds is 8. The molecule has 9 nitrogen and oxygen atoms in total. The molecule has 2 aliphatic rings. The van der Waals surface area contributed by atoms with Crippen LogP contribution in [0.15, 0.2) is 60.8 Å². The van der Waals surface area contributed by atoms with E-state index in [2.05, 4.69) is 4.98 Å². The lowest BCUT2D eigenvalue weighted by molar-refractivity contribution is -0.137. The molecule has 1 amide bonds. The minimum absolute atomic E-state index is 0.135. The van der Waals surface area contributed by atoms with E-state index in [-0.39, 0.29) is 31.1 Å². The third-order valence-corrected chi connectivity index (χ3v) is 8.92. The summed E-state index contributed by atoms with van der Waals surface area (Å²) in [5.41, 5.74) is 2.00. The standard InChI is InChI=1S/C38H37F5N4O5/c1-20-11-22(35(48)52-37(3,4)5)7-8-28(20)24-14-30(34(50-6)44-16-24)29-9-10-32(46-17-27(40)18-46)45-31(29)19-47-21(2)33(51-36(47)49)23-12-25(38(41,42)43)15-26(39)13-23/h7-16,21,27,33H,17-19H2,1-6H3/t21-,33-/m0/s1. The molecule has 2 aromatic heterocycles. The zero-order valence-electron chi connectivity index (χ0n) is 29.3. The fraction of sp³-hybridized carbons (Fsp3) is 0.368. The molecule has 2 saturated heterocycles. The summed E-state index contributed by atoms with van der Waals surface area (Å²) in [5, 5.41) is 0. The number of anilines is 1. The van der Waals surface area contributed by atoms with Gasteiger partial charge in [-0.2, -0.15) is 13.2 Å². The fourth-order valence-corrected chi connectivity index (χ4v) is 6.31. The van der Waals surface area contributed by atoms with Gasteiger partial charge in [-0.3, -0.25) is 4.90 Å². The number of aromatic nitrogens is 2. The van der Waals surface area contributed by atoms with E-state index in [1.807, 2.05) is 13.0 Å². The van der Waals surface area contributed by atoms with Gasteiger partial charge >= 0.3 is 18.2 Å². The fourth-order valence-electron chi connectivity index (χ4n) is 6.31. The number of nitrogens with zero attached hydrogens (tertiary/aromatic N) is 4. The predicted molar refractivity (Wildman–Crippen MR) is 182 cm³/mol. The van der Waals surface area contributed by atoms with Gasteiger partial charge in [0.2, 0.25) is 5.88 Å². The first-order chi connectivity index (χ1) is 24.4. The topological polar surface area (TPSA) is 94.1 Å². The minimum atomic E-state index is -4.81. The Labute approximate surface area is 297 Å². The Morgan fingerprint density at radius 1 is 1.00 bits per heavy atom. The second-order valence-corrected chi connectivity index (χ2v) is 13.9. The van der Waals surface area contributed by atoms with Crippen LogP contribution in [0.5, 0.6) is 5.88 Å². The molecular weight excluding hydrogens is 687 g/mol. The lowest BCUT2D eigenvalue weighted by atomic mass is 9.96. The van der Waals surface area contributed by atoms with Gasteiger partial charge in [0.25, 0.3) is 0 Å². The van der Waals surface area contributed by atoms with Gasteiger partial charge in [-0.15, -0.1) is 0 Å². The van der Waals surface area contributed by atoms with Crippen molar-refractivity contribution in [1.29, 1.82) is 0 Å². The quantitative estimate of drug-likeness (QED) is 0.132. The lowest BCUT2D eigenvalue weighted by Gasteiger charge is -2.36. The van der Waals surface area contributed by atoms with E-state index in [4.69, 9.17) is 19.2 Å². The molecule has 0 saturated carbocycles. The number of aryl methyl sites for hydroxylation is 1. The molecule has 6 rings (SSSR count). The Hall–Kier alpha value is -5.27. The highest BCUT2D eigenvalue weighted by Crippen LogP contribution is 2.40. The molecule has 2 atom stereocenters. The number of methoxy groups -OCH3 is 1. The smallest absolute Gasteiger partial charge is 0.416 e. The highest BCUT2D eigenvalue weighted by molar-refractivity contribution is 5.91. The van der Waals surface area contributed by atoms with Gasteiger partial charge in [-0.25, -0.2) is 28.3 Å². The summed E-state index contributed by atoms with van der Waals surface area (Å²) >= 11 is 0. The minimum Gasteiger partial charge on any atom is -0.481 e. The zero-order valence-corrected chi connectivity index (χ0v) is 29.3. The molecule has 0 unspecified atom stereocenters. The van der Waals surface area contributed by atoms with E-state index in [9.17, 15) is 31.5 Å². The number of hydrogen-bond acceptors (Lipinski definition) is 8. The van der Waals surface area contributed by atoms with Crippen LogP contribution in [0.3, 0.4) is 0 Å². The van der Waals surface area contributed by atoms with E-state index in [1.54, 1.807) is 69.1 Å². The number of pyridine rings is 2. The molecule has 14 heteroatoms. The van der Waals surface area contributed by atoms with Gasteiger partial charge in [0.15, 0.2) is 0 Å². The highest BCUT2D eigenvalue weighted by atomic mass is 19.4. The zero-order chi connectivity index (χ0) is 37.7. The molecule has 0 radical (unpaired) electrons. The largest absolute Gasteiger partial charge is 0.481 e. The molecular formula is C38H37F5N4O5. The molecule has 0 aliphatic carbocycles. The van der Waals surface area contributed by atoms with Crippen molar-refractivity contribution in [2.24, 2.45) is 0 Å². The van der Waals surface area contributed by atoms with E-state index in [0.717, 1.165) is 23.3 Å². The number of carbonyl (C=O) groups is 2. The van der Waals surface area contributed by atoms with Crippen LogP contribution in [0.2, 0.25) is 0 Å². The molecule has 2 fully saturated rings. The SMILES string of the molecule is COc1ncc(-c2ccc(C(=O)OC(C)(C)C)cc2C)cc1-c1ccc(N2CC(F)C2)nc1CN1C(=O)O[C@H](c2cc(F)cc(C(F)(F)F)c2)[C@@H]1C. The van der Waals surface area contributed by atoms with Gasteiger partial charge in [-0.05, 0) is 99.8 Å². The second-order valence-electron chi connectivity index (χ2n) is 13.9. The maximum absolute atomic E-state index is 14.3. The number of esters is 1. The lowest BCUT2D eigenvalue weighted by Crippen LogP contribution is -2.49. The van der Waals surface area contributed by atoms with Crippen LogP contribution in [-0.2, 0) is 22.2 Å². The van der Waals surface area contributed by atoms with Crippen molar-refractivity contribution in [2.75, 3.05) is 25.1 Å². The van der Waals surface area contributed by atoms with Crippen molar-refractivity contribution >= 4 is 17.9 Å². The summed E-state index contributed by atoms with van der Waals surface area (Å²) in [6.07, 6.45) is -6.24. The maximum atomic E-state index is 14.3. The van der Waals surface area contributed by atoms with Gasteiger partial charge in [-0.1, -0.05) is 6.07 Å². The summed E-state index contributed by atoms with van der Waals surface area (Å²) in [6.45, 7) is 8.92. The van der Waals surface area contributed by atoms with Crippen LogP contribution in [-0.4, -0.2) is 64.9 Å². The van der Waals surface area contributed by atoms with E-state index in [1.165, 1.54) is 12.0 Å². The molecule has 52 heavy (non-hydrogen) atoms. The Bertz CT molecular complexity index is 2030. The summed E-state index contributed by atoms with van der Waals surface area (Å²) < 4.78 is 85.4. The maximum Gasteiger partial charge on any atom is 0.416 e. The Kier molecular flexibility index (Phi) is 9.62. The predicted octanol–water partition coefficient (Wildman–Crippen LogP) is 8.48. The van der Waals surface area contributed by atoms with Crippen LogP contribution in [0.1, 0.15) is 66.5 Å². The summed E-state index contributed by atoms with van der Waals surface area (Å²) in [7, 11) is 1.45. The third-order valence-electron chi connectivity index (χ3n) is 8.92. The van der Waals surface area contributed by atoms with E-state index >= 15 is 0 Å². The van der Waals surface area contributed by atoms with Crippen molar-refractivity contribution in [1.82, 2.24) is 14.9 Å². The molecule has 0 N–H and O–H groups in total. The summed E-state index contributed by atoms with van der Waals surface area (Å²) in [5.74, 6) is -0.869. The second kappa shape index (κ2) is 13.7. The number of cyclic esters (lactones) is 1.